The fraction of sp³-hybridized carbons (Fsp3) is 0.800. The predicted molar refractivity (Wildman–Crippen MR) is 111 cm³/mol. The lowest BCUT2D eigenvalue weighted by Gasteiger charge is -2.34. The number of morpholine rings is 1. The summed E-state index contributed by atoms with van der Waals surface area (Å²) in [6.45, 7) is 15.1. The van der Waals surface area contributed by atoms with Gasteiger partial charge in [-0.3, -0.25) is 15.0 Å². The van der Waals surface area contributed by atoms with E-state index in [9.17, 15) is 0 Å². The summed E-state index contributed by atoms with van der Waals surface area (Å²) < 4.78 is 5.51. The van der Waals surface area contributed by atoms with Crippen LogP contribution >= 0.6 is 0 Å². The van der Waals surface area contributed by atoms with E-state index >= 15 is 0 Å². The van der Waals surface area contributed by atoms with Crippen LogP contribution in [0.2, 0.25) is 0 Å². The molecule has 0 amide bonds. The highest BCUT2D eigenvalue weighted by atomic mass is 16.5. The van der Waals surface area contributed by atoms with Crippen LogP contribution in [0, 0.1) is 12.8 Å². The minimum atomic E-state index is 0.484. The molecule has 7 heteroatoms. The fourth-order valence-corrected chi connectivity index (χ4v) is 3.48. The van der Waals surface area contributed by atoms with Crippen molar-refractivity contribution in [2.75, 3.05) is 45.9 Å². The first-order valence-electron chi connectivity index (χ1n) is 10.4. The molecule has 0 bridgehead atoms. The highest BCUT2D eigenvalue weighted by molar-refractivity contribution is 5.79. The number of nitrogens with one attached hydrogen (secondary N) is 3. The van der Waals surface area contributed by atoms with Crippen LogP contribution < -0.4 is 10.6 Å². The number of guanidine groups is 1. The van der Waals surface area contributed by atoms with Gasteiger partial charge in [-0.25, -0.2) is 0 Å². The largest absolute Gasteiger partial charge is 0.379 e. The topological polar surface area (TPSA) is 77.6 Å². The van der Waals surface area contributed by atoms with E-state index in [4.69, 9.17) is 9.73 Å². The number of rotatable bonds is 10. The number of hydrogen-bond donors (Lipinski definition) is 3. The van der Waals surface area contributed by atoms with Gasteiger partial charge in [0, 0.05) is 37.9 Å². The molecule has 1 aromatic heterocycles. The van der Waals surface area contributed by atoms with E-state index in [0.717, 1.165) is 70.4 Å². The molecular formula is C20H38N6O. The third-order valence-corrected chi connectivity index (χ3v) is 4.96. The molecule has 0 spiro atoms. The number of hydrogen-bond acceptors (Lipinski definition) is 4. The molecular weight excluding hydrogens is 340 g/mol. The van der Waals surface area contributed by atoms with Crippen molar-refractivity contribution in [3.05, 3.63) is 17.5 Å². The quantitative estimate of drug-likeness (QED) is 0.330. The van der Waals surface area contributed by atoms with Gasteiger partial charge in [-0.1, -0.05) is 13.8 Å². The highest BCUT2D eigenvalue weighted by Gasteiger charge is 2.21. The molecule has 1 aliphatic rings. The van der Waals surface area contributed by atoms with Gasteiger partial charge in [0.2, 0.25) is 0 Å². The minimum Gasteiger partial charge on any atom is -0.379 e. The first-order valence-corrected chi connectivity index (χ1v) is 10.4. The van der Waals surface area contributed by atoms with Gasteiger partial charge >= 0.3 is 0 Å². The number of aromatic amines is 1. The van der Waals surface area contributed by atoms with Crippen LogP contribution in [-0.2, 0) is 11.2 Å². The normalized spacial score (nSPS) is 17.3. The molecule has 1 fully saturated rings. The second-order valence-electron chi connectivity index (χ2n) is 7.70. The molecule has 7 nitrogen and oxygen atoms in total. The molecule has 0 saturated carbocycles. The van der Waals surface area contributed by atoms with Crippen LogP contribution in [0.1, 0.15) is 44.9 Å². The zero-order valence-electron chi connectivity index (χ0n) is 17.6. The molecule has 1 atom stereocenters. The van der Waals surface area contributed by atoms with Crippen LogP contribution in [-0.4, -0.2) is 73.0 Å². The van der Waals surface area contributed by atoms with Crippen molar-refractivity contribution >= 4 is 5.96 Å². The number of aryl methyl sites for hydroxylation is 2. The second kappa shape index (κ2) is 12.0. The molecule has 1 saturated heterocycles. The van der Waals surface area contributed by atoms with E-state index in [0.29, 0.717) is 12.0 Å². The zero-order chi connectivity index (χ0) is 19.5. The van der Waals surface area contributed by atoms with E-state index in [-0.39, 0.29) is 0 Å². The van der Waals surface area contributed by atoms with Crippen LogP contribution in [0.3, 0.4) is 0 Å². The van der Waals surface area contributed by atoms with E-state index < -0.39 is 0 Å². The molecule has 1 unspecified atom stereocenters. The number of aliphatic imine (C=N–C) groups is 1. The monoisotopic (exact) mass is 378 g/mol. The number of H-pyrrole nitrogens is 1. The van der Waals surface area contributed by atoms with Gasteiger partial charge in [0.25, 0.3) is 0 Å². The van der Waals surface area contributed by atoms with Crippen LogP contribution in [0.4, 0.5) is 0 Å². The predicted octanol–water partition coefficient (Wildman–Crippen LogP) is 1.95. The Kier molecular flexibility index (Phi) is 9.62. The van der Waals surface area contributed by atoms with Gasteiger partial charge in [0.1, 0.15) is 0 Å². The lowest BCUT2D eigenvalue weighted by atomic mass is 10.0. The summed E-state index contributed by atoms with van der Waals surface area (Å²) in [7, 11) is 0. The molecule has 1 aromatic rings. The Morgan fingerprint density at radius 2 is 2.11 bits per heavy atom. The third-order valence-electron chi connectivity index (χ3n) is 4.96. The molecule has 1 aliphatic heterocycles. The van der Waals surface area contributed by atoms with Gasteiger partial charge in [-0.15, -0.1) is 0 Å². The maximum Gasteiger partial charge on any atom is 0.191 e. The maximum absolute atomic E-state index is 5.51. The summed E-state index contributed by atoms with van der Waals surface area (Å²) in [6.07, 6.45) is 5.18. The van der Waals surface area contributed by atoms with Gasteiger partial charge in [0.15, 0.2) is 5.96 Å². The number of ether oxygens (including phenoxy) is 1. The molecule has 0 radical (unpaired) electrons. The third kappa shape index (κ3) is 7.89. The minimum absolute atomic E-state index is 0.484. The molecule has 154 valence electrons. The fourth-order valence-electron chi connectivity index (χ4n) is 3.48. The lowest BCUT2D eigenvalue weighted by molar-refractivity contribution is 0.0143. The molecule has 3 N–H and O–H groups in total. The van der Waals surface area contributed by atoms with E-state index in [1.54, 1.807) is 0 Å². The van der Waals surface area contributed by atoms with Crippen molar-refractivity contribution < 1.29 is 4.74 Å². The Balaban J connectivity index is 1.84. The van der Waals surface area contributed by atoms with Crippen molar-refractivity contribution in [2.45, 2.75) is 53.0 Å². The second-order valence-corrected chi connectivity index (χ2v) is 7.70. The summed E-state index contributed by atoms with van der Waals surface area (Å²) in [6, 6.07) is 0.484. The number of nitrogens with zero attached hydrogens (tertiary/aromatic N) is 3. The summed E-state index contributed by atoms with van der Waals surface area (Å²) >= 11 is 0. The summed E-state index contributed by atoms with van der Waals surface area (Å²) in [5.41, 5.74) is 2.46. The molecule has 2 heterocycles. The Bertz CT molecular complexity index is 550. The zero-order valence-corrected chi connectivity index (χ0v) is 17.6. The van der Waals surface area contributed by atoms with Gasteiger partial charge in [0.05, 0.1) is 26.0 Å². The maximum atomic E-state index is 5.51. The number of aromatic nitrogens is 2. The van der Waals surface area contributed by atoms with E-state index in [2.05, 4.69) is 53.4 Å². The standard InChI is InChI=1S/C20H38N6O/c1-5-21-20(22-8-6-7-18-14-24-25-17(18)4)23-15-19(13-16(2)3)26-9-11-27-12-10-26/h14,16,19H,5-13,15H2,1-4H3,(H,24,25)(H2,21,22,23). The summed E-state index contributed by atoms with van der Waals surface area (Å²) in [4.78, 5) is 7.43. The van der Waals surface area contributed by atoms with Crippen LogP contribution in [0.5, 0.6) is 0 Å². The molecule has 2 rings (SSSR count). The van der Waals surface area contributed by atoms with Crippen LogP contribution in [0.25, 0.3) is 0 Å². The first-order chi connectivity index (χ1) is 13.1. The first kappa shape index (κ1) is 21.7. The molecule has 0 aromatic carbocycles. The van der Waals surface area contributed by atoms with Gasteiger partial charge < -0.3 is 15.4 Å². The average Bonchev–Trinajstić information content (AvgIpc) is 3.07. The average molecular weight is 379 g/mol. The van der Waals surface area contributed by atoms with E-state index in [1.165, 1.54) is 12.0 Å². The van der Waals surface area contributed by atoms with Gasteiger partial charge in [-0.05, 0) is 44.6 Å². The van der Waals surface area contributed by atoms with Crippen molar-refractivity contribution in [1.29, 1.82) is 0 Å². The molecule has 0 aliphatic carbocycles. The van der Waals surface area contributed by atoms with Crippen molar-refractivity contribution in [3.8, 4) is 0 Å². The molecule has 27 heavy (non-hydrogen) atoms. The van der Waals surface area contributed by atoms with Crippen molar-refractivity contribution in [1.82, 2.24) is 25.7 Å². The SMILES string of the molecule is CCNC(=NCC(CC(C)C)N1CCOCC1)NCCCc1cn[nH]c1C. The summed E-state index contributed by atoms with van der Waals surface area (Å²) in [5, 5.41) is 13.9. The van der Waals surface area contributed by atoms with Crippen LogP contribution in [0.15, 0.2) is 11.2 Å². The highest BCUT2D eigenvalue weighted by Crippen LogP contribution is 2.14. The van der Waals surface area contributed by atoms with Gasteiger partial charge in [-0.2, -0.15) is 5.10 Å². The van der Waals surface area contributed by atoms with Crippen molar-refractivity contribution in [2.24, 2.45) is 10.9 Å². The Morgan fingerprint density at radius 3 is 2.74 bits per heavy atom. The lowest BCUT2D eigenvalue weighted by Crippen LogP contribution is -2.46. The Morgan fingerprint density at radius 1 is 1.33 bits per heavy atom. The smallest absolute Gasteiger partial charge is 0.191 e. The summed E-state index contributed by atoms with van der Waals surface area (Å²) in [5.74, 6) is 1.59. The Hall–Kier alpha value is -1.60. The van der Waals surface area contributed by atoms with E-state index in [1.807, 2.05) is 6.20 Å². The Labute approximate surface area is 164 Å². The van der Waals surface area contributed by atoms with Crippen molar-refractivity contribution in [3.63, 3.8) is 0 Å².